The fourth-order valence-corrected chi connectivity index (χ4v) is 4.40. The third-order valence-electron chi connectivity index (χ3n) is 6.07. The highest BCUT2D eigenvalue weighted by Gasteiger charge is 2.23. The number of nitrogens with one attached hydrogen (secondary N) is 1. The molecule has 0 spiro atoms. The van der Waals surface area contributed by atoms with Crippen LogP contribution >= 0.6 is 11.6 Å². The molecule has 0 unspecified atom stereocenters. The number of hydrogen-bond acceptors (Lipinski definition) is 4. The van der Waals surface area contributed by atoms with Gasteiger partial charge in [0.1, 0.15) is 5.75 Å². The first-order valence-corrected chi connectivity index (χ1v) is 11.3. The topological polar surface area (TPSA) is 80.6 Å². The number of hydrogen-bond donors (Lipinski definition) is 1. The van der Waals surface area contributed by atoms with Crippen molar-refractivity contribution >= 4 is 40.2 Å². The van der Waals surface area contributed by atoms with Gasteiger partial charge >= 0.3 is 0 Å². The molecule has 4 rings (SSSR count). The maximum atomic E-state index is 13.3. The number of fused-ring (bicyclic) bond motifs is 1. The van der Waals surface area contributed by atoms with E-state index in [0.29, 0.717) is 27.5 Å². The Bertz CT molecular complexity index is 1210. The summed E-state index contributed by atoms with van der Waals surface area (Å²) in [5.41, 5.74) is 2.56. The van der Waals surface area contributed by atoms with Crippen LogP contribution in [-0.4, -0.2) is 53.9 Å². The smallest absolute Gasteiger partial charge is 0.262 e. The quantitative estimate of drug-likeness (QED) is 0.600. The lowest BCUT2D eigenvalue weighted by molar-refractivity contribution is -0.131. The first-order chi connectivity index (χ1) is 15.9. The summed E-state index contributed by atoms with van der Waals surface area (Å²) >= 11 is 5.97. The van der Waals surface area contributed by atoms with Crippen molar-refractivity contribution in [3.8, 4) is 5.75 Å². The molecule has 1 aromatic heterocycles. The lowest BCUT2D eigenvalue weighted by Crippen LogP contribution is -2.39. The van der Waals surface area contributed by atoms with Crippen molar-refractivity contribution in [3.63, 3.8) is 0 Å². The van der Waals surface area contributed by atoms with Crippen LogP contribution in [-0.2, 0) is 16.0 Å². The number of rotatable bonds is 6. The largest absolute Gasteiger partial charge is 0.497 e. The summed E-state index contributed by atoms with van der Waals surface area (Å²) in [7, 11) is 1.57. The van der Waals surface area contributed by atoms with Crippen LogP contribution in [0.3, 0.4) is 0 Å². The molecule has 1 fully saturated rings. The maximum absolute atomic E-state index is 13.3. The maximum Gasteiger partial charge on any atom is 0.262 e. The Hall–Kier alpha value is -3.32. The molecule has 1 saturated heterocycles. The van der Waals surface area contributed by atoms with Crippen LogP contribution in [0.5, 0.6) is 5.75 Å². The van der Waals surface area contributed by atoms with Gasteiger partial charge in [0.05, 0.1) is 25.6 Å². The second-order valence-corrected chi connectivity index (χ2v) is 8.57. The number of halogens is 1. The van der Waals surface area contributed by atoms with Gasteiger partial charge in [0.25, 0.3) is 5.91 Å². The number of ether oxygens (including phenoxy) is 1. The average molecular weight is 468 g/mol. The van der Waals surface area contributed by atoms with Gasteiger partial charge in [-0.3, -0.25) is 19.0 Å². The Balaban J connectivity index is 1.63. The van der Waals surface area contributed by atoms with Gasteiger partial charge in [0.2, 0.25) is 11.8 Å². The number of benzene rings is 2. The Morgan fingerprint density at radius 1 is 1.06 bits per heavy atom. The van der Waals surface area contributed by atoms with E-state index < -0.39 is 0 Å². The normalized spacial score (nSPS) is 13.4. The van der Waals surface area contributed by atoms with Gasteiger partial charge in [-0.1, -0.05) is 11.6 Å². The molecule has 0 saturated carbocycles. The van der Waals surface area contributed by atoms with E-state index in [1.807, 2.05) is 19.1 Å². The van der Waals surface area contributed by atoms with Crippen molar-refractivity contribution in [3.05, 3.63) is 64.3 Å². The molecule has 2 amide bonds. The standard InChI is InChI=1S/C25H26ClN3O4/c1-16-20(14-23(30)27-15-24(31)28-11-3-4-12-28)21-13-19(33-2)9-10-22(21)29(16)25(32)17-5-7-18(26)8-6-17/h5-10,13H,3-4,11-12,14-15H2,1-2H3,(H,27,30). The van der Waals surface area contributed by atoms with Gasteiger partial charge in [-0.15, -0.1) is 0 Å². The van der Waals surface area contributed by atoms with E-state index in [4.69, 9.17) is 16.3 Å². The Kier molecular flexibility index (Phi) is 6.70. The van der Waals surface area contributed by atoms with Gasteiger partial charge in [0, 0.05) is 34.8 Å². The lowest BCUT2D eigenvalue weighted by Gasteiger charge is -2.15. The molecule has 2 aromatic carbocycles. The highest BCUT2D eigenvalue weighted by molar-refractivity contribution is 6.30. The molecule has 1 aliphatic heterocycles. The van der Waals surface area contributed by atoms with Crippen LogP contribution in [0.4, 0.5) is 0 Å². The van der Waals surface area contributed by atoms with Crippen molar-refractivity contribution in [1.29, 1.82) is 0 Å². The zero-order valence-corrected chi connectivity index (χ0v) is 19.4. The number of carbonyl (C=O) groups excluding carboxylic acids is 3. The molecule has 1 aliphatic rings. The summed E-state index contributed by atoms with van der Waals surface area (Å²) < 4.78 is 6.97. The zero-order chi connectivity index (χ0) is 23.5. The molecular formula is C25H26ClN3O4. The minimum atomic E-state index is -0.272. The Labute approximate surface area is 197 Å². The van der Waals surface area contributed by atoms with Crippen molar-refractivity contribution in [2.24, 2.45) is 0 Å². The second kappa shape index (κ2) is 9.67. The predicted octanol–water partition coefficient (Wildman–Crippen LogP) is 3.58. The second-order valence-electron chi connectivity index (χ2n) is 8.14. The van der Waals surface area contributed by atoms with Gasteiger partial charge in [0.15, 0.2) is 0 Å². The molecule has 2 heterocycles. The van der Waals surface area contributed by atoms with Crippen molar-refractivity contribution < 1.29 is 19.1 Å². The summed E-state index contributed by atoms with van der Waals surface area (Å²) in [4.78, 5) is 40.1. The van der Waals surface area contributed by atoms with Crippen LogP contribution in [0, 0.1) is 6.92 Å². The van der Waals surface area contributed by atoms with Crippen LogP contribution in [0.25, 0.3) is 10.9 Å². The average Bonchev–Trinajstić information content (AvgIpc) is 3.45. The van der Waals surface area contributed by atoms with Crippen LogP contribution < -0.4 is 10.1 Å². The van der Waals surface area contributed by atoms with Crippen molar-refractivity contribution in [2.75, 3.05) is 26.7 Å². The zero-order valence-electron chi connectivity index (χ0n) is 18.7. The fraction of sp³-hybridized carbons (Fsp3) is 0.320. The summed E-state index contributed by atoms with van der Waals surface area (Å²) in [5.74, 6) is 0.0747. The molecule has 0 bridgehead atoms. The van der Waals surface area contributed by atoms with Crippen LogP contribution in [0.15, 0.2) is 42.5 Å². The van der Waals surface area contributed by atoms with E-state index in [0.717, 1.165) is 36.9 Å². The van der Waals surface area contributed by atoms with Gasteiger partial charge in [-0.25, -0.2) is 0 Å². The molecule has 3 aromatic rings. The summed E-state index contributed by atoms with van der Waals surface area (Å²) in [6, 6.07) is 12.1. The third-order valence-corrected chi connectivity index (χ3v) is 6.32. The molecule has 7 nitrogen and oxygen atoms in total. The molecule has 0 aliphatic carbocycles. The summed E-state index contributed by atoms with van der Waals surface area (Å²) in [6.45, 7) is 3.28. The van der Waals surface area contributed by atoms with Crippen molar-refractivity contribution in [1.82, 2.24) is 14.8 Å². The van der Waals surface area contributed by atoms with E-state index >= 15 is 0 Å². The van der Waals surface area contributed by atoms with Crippen molar-refractivity contribution in [2.45, 2.75) is 26.2 Å². The number of amides is 2. The van der Waals surface area contributed by atoms with E-state index in [1.54, 1.807) is 46.9 Å². The summed E-state index contributed by atoms with van der Waals surface area (Å²) in [6.07, 6.45) is 2.05. The van der Waals surface area contributed by atoms with E-state index in [2.05, 4.69) is 5.32 Å². The minimum Gasteiger partial charge on any atom is -0.497 e. The lowest BCUT2D eigenvalue weighted by atomic mass is 10.1. The Morgan fingerprint density at radius 2 is 1.76 bits per heavy atom. The molecule has 8 heteroatoms. The molecule has 1 N–H and O–H groups in total. The highest BCUT2D eigenvalue weighted by atomic mass is 35.5. The first-order valence-electron chi connectivity index (χ1n) is 10.9. The first kappa shape index (κ1) is 22.9. The number of nitrogens with zero attached hydrogens (tertiary/aromatic N) is 2. The van der Waals surface area contributed by atoms with Gasteiger partial charge < -0.3 is 15.0 Å². The van der Waals surface area contributed by atoms with E-state index in [1.165, 1.54) is 0 Å². The molecule has 0 radical (unpaired) electrons. The Morgan fingerprint density at radius 3 is 2.42 bits per heavy atom. The molecule has 0 atom stereocenters. The predicted molar refractivity (Wildman–Crippen MR) is 127 cm³/mol. The molecule has 172 valence electrons. The van der Waals surface area contributed by atoms with E-state index in [9.17, 15) is 14.4 Å². The summed E-state index contributed by atoms with van der Waals surface area (Å²) in [5, 5.41) is 4.04. The third kappa shape index (κ3) is 4.73. The minimum absolute atomic E-state index is 0.0243. The van der Waals surface area contributed by atoms with Crippen LogP contribution in [0.2, 0.25) is 5.02 Å². The fourth-order valence-electron chi connectivity index (χ4n) is 4.27. The highest BCUT2D eigenvalue weighted by Crippen LogP contribution is 2.31. The van der Waals surface area contributed by atoms with Crippen LogP contribution in [0.1, 0.15) is 34.5 Å². The van der Waals surface area contributed by atoms with Gasteiger partial charge in [-0.05, 0) is 67.8 Å². The monoisotopic (exact) mass is 467 g/mol. The number of aromatic nitrogens is 1. The molecule has 33 heavy (non-hydrogen) atoms. The number of methoxy groups -OCH3 is 1. The van der Waals surface area contributed by atoms with Gasteiger partial charge in [-0.2, -0.15) is 0 Å². The molecular weight excluding hydrogens is 442 g/mol. The SMILES string of the molecule is COc1ccc2c(c1)c(CC(=O)NCC(=O)N1CCCC1)c(C)n2C(=O)c1ccc(Cl)cc1. The number of likely N-dealkylation sites (tertiary alicyclic amines) is 1. The van der Waals surface area contributed by atoms with E-state index in [-0.39, 0.29) is 30.7 Å². The number of carbonyl (C=O) groups is 3.